The number of aromatic nitrogens is 5. The van der Waals surface area contributed by atoms with Crippen molar-refractivity contribution in [1.82, 2.24) is 30.2 Å². The number of nitrogens with one attached hydrogen (secondary N) is 2. The SMILES string of the molecule is Cc1ccc(Cl)cc1-n1ncc2c(NNC(=O)c3cccnc3)ncnc21. The number of hydrogen-bond donors (Lipinski definition) is 2. The van der Waals surface area contributed by atoms with Crippen LogP contribution in [0.2, 0.25) is 5.02 Å². The molecule has 0 unspecified atom stereocenters. The van der Waals surface area contributed by atoms with E-state index in [0.717, 1.165) is 11.3 Å². The Kier molecular flexibility index (Phi) is 4.39. The molecule has 0 saturated heterocycles. The van der Waals surface area contributed by atoms with Crippen LogP contribution in [0, 0.1) is 6.92 Å². The highest BCUT2D eigenvalue weighted by Crippen LogP contribution is 2.24. The van der Waals surface area contributed by atoms with E-state index in [0.29, 0.717) is 27.4 Å². The third-order valence-electron chi connectivity index (χ3n) is 3.98. The molecule has 0 aliphatic rings. The second-order valence-electron chi connectivity index (χ2n) is 5.77. The highest BCUT2D eigenvalue weighted by Gasteiger charge is 2.14. The zero-order valence-corrected chi connectivity index (χ0v) is 15.0. The Balaban J connectivity index is 1.65. The van der Waals surface area contributed by atoms with Gasteiger partial charge in [0.25, 0.3) is 5.91 Å². The summed E-state index contributed by atoms with van der Waals surface area (Å²) in [5.41, 5.74) is 8.26. The second kappa shape index (κ2) is 7.00. The number of hydrogen-bond acceptors (Lipinski definition) is 6. The van der Waals surface area contributed by atoms with E-state index < -0.39 is 0 Å². The molecular formula is C18H14ClN7O. The number of hydrazine groups is 1. The van der Waals surface area contributed by atoms with Gasteiger partial charge >= 0.3 is 0 Å². The lowest BCUT2D eigenvalue weighted by atomic mass is 10.2. The van der Waals surface area contributed by atoms with E-state index >= 15 is 0 Å². The van der Waals surface area contributed by atoms with Crippen LogP contribution in [0.4, 0.5) is 5.82 Å². The van der Waals surface area contributed by atoms with Crippen molar-refractivity contribution in [3.8, 4) is 5.69 Å². The average Bonchev–Trinajstić information content (AvgIpc) is 3.13. The first-order valence-electron chi connectivity index (χ1n) is 8.05. The number of anilines is 1. The number of carbonyl (C=O) groups excluding carboxylic acids is 1. The van der Waals surface area contributed by atoms with Gasteiger partial charge in [-0.2, -0.15) is 5.10 Å². The minimum absolute atomic E-state index is 0.326. The third-order valence-corrected chi connectivity index (χ3v) is 4.22. The zero-order valence-electron chi connectivity index (χ0n) is 14.2. The van der Waals surface area contributed by atoms with Crippen LogP contribution in [-0.2, 0) is 0 Å². The smallest absolute Gasteiger partial charge is 0.271 e. The van der Waals surface area contributed by atoms with Crippen molar-refractivity contribution in [2.45, 2.75) is 6.92 Å². The molecule has 4 rings (SSSR count). The van der Waals surface area contributed by atoms with Crippen LogP contribution >= 0.6 is 11.6 Å². The van der Waals surface area contributed by atoms with E-state index in [1.165, 1.54) is 12.5 Å². The van der Waals surface area contributed by atoms with Gasteiger partial charge in [0.1, 0.15) is 6.33 Å². The van der Waals surface area contributed by atoms with Crippen molar-refractivity contribution in [2.75, 3.05) is 5.43 Å². The maximum Gasteiger partial charge on any atom is 0.271 e. The highest BCUT2D eigenvalue weighted by molar-refractivity contribution is 6.30. The molecule has 3 heterocycles. The number of halogens is 1. The molecule has 0 atom stereocenters. The summed E-state index contributed by atoms with van der Waals surface area (Å²) in [6.45, 7) is 1.97. The lowest BCUT2D eigenvalue weighted by Gasteiger charge is -2.09. The molecule has 0 aliphatic carbocycles. The molecule has 4 aromatic rings. The minimum atomic E-state index is -0.326. The van der Waals surface area contributed by atoms with E-state index in [9.17, 15) is 4.79 Å². The molecular weight excluding hydrogens is 366 g/mol. The summed E-state index contributed by atoms with van der Waals surface area (Å²) >= 11 is 6.12. The molecule has 27 heavy (non-hydrogen) atoms. The Morgan fingerprint density at radius 1 is 1.19 bits per heavy atom. The van der Waals surface area contributed by atoms with Crippen molar-refractivity contribution >= 4 is 34.4 Å². The molecule has 0 fully saturated rings. The maximum absolute atomic E-state index is 12.2. The maximum atomic E-state index is 12.2. The first kappa shape index (κ1) is 16.9. The van der Waals surface area contributed by atoms with Gasteiger partial charge in [-0.15, -0.1) is 0 Å². The number of benzene rings is 1. The van der Waals surface area contributed by atoms with Crippen molar-refractivity contribution in [2.24, 2.45) is 0 Å². The van der Waals surface area contributed by atoms with Crippen molar-refractivity contribution < 1.29 is 4.79 Å². The number of carbonyl (C=O) groups is 1. The Labute approximate surface area is 159 Å². The number of pyridine rings is 1. The molecule has 1 amide bonds. The Morgan fingerprint density at radius 3 is 2.89 bits per heavy atom. The van der Waals surface area contributed by atoms with E-state index in [-0.39, 0.29) is 5.91 Å². The van der Waals surface area contributed by atoms with Crippen LogP contribution in [0.5, 0.6) is 0 Å². The number of amides is 1. The van der Waals surface area contributed by atoms with Gasteiger partial charge in [0.15, 0.2) is 11.5 Å². The molecule has 0 saturated carbocycles. The first-order chi connectivity index (χ1) is 13.1. The van der Waals surface area contributed by atoms with Gasteiger partial charge in [0.2, 0.25) is 0 Å². The minimum Gasteiger partial charge on any atom is -0.281 e. The fourth-order valence-electron chi connectivity index (χ4n) is 2.62. The van der Waals surface area contributed by atoms with Crippen molar-refractivity contribution in [3.05, 3.63) is 71.4 Å². The number of rotatable bonds is 4. The number of aryl methyl sites for hydroxylation is 1. The molecule has 134 valence electrons. The molecule has 8 nitrogen and oxygen atoms in total. The summed E-state index contributed by atoms with van der Waals surface area (Å²) in [5.74, 6) is 0.108. The van der Waals surface area contributed by atoms with Crippen LogP contribution in [-0.4, -0.2) is 30.6 Å². The highest BCUT2D eigenvalue weighted by atomic mass is 35.5. The fraction of sp³-hybridized carbons (Fsp3) is 0.0556. The van der Waals surface area contributed by atoms with E-state index in [1.54, 1.807) is 29.2 Å². The normalized spacial score (nSPS) is 10.7. The predicted octanol–water partition coefficient (Wildman–Crippen LogP) is 2.93. The van der Waals surface area contributed by atoms with Gasteiger partial charge in [-0.1, -0.05) is 17.7 Å². The fourth-order valence-corrected chi connectivity index (χ4v) is 2.78. The molecule has 3 aromatic heterocycles. The summed E-state index contributed by atoms with van der Waals surface area (Å²) in [5, 5.41) is 5.67. The predicted molar refractivity (Wildman–Crippen MR) is 102 cm³/mol. The molecule has 9 heteroatoms. The van der Waals surface area contributed by atoms with Crippen LogP contribution < -0.4 is 10.9 Å². The van der Waals surface area contributed by atoms with Crippen LogP contribution in [0.25, 0.3) is 16.7 Å². The lowest BCUT2D eigenvalue weighted by Crippen LogP contribution is -2.30. The lowest BCUT2D eigenvalue weighted by molar-refractivity contribution is 0.0962. The van der Waals surface area contributed by atoms with E-state index in [4.69, 9.17) is 11.6 Å². The first-order valence-corrected chi connectivity index (χ1v) is 8.43. The average molecular weight is 380 g/mol. The standard InChI is InChI=1S/C18H14ClN7O/c1-11-4-5-13(19)7-15(11)26-17-14(9-23-26)16(21-10-22-17)24-25-18(27)12-3-2-6-20-8-12/h2-10H,1H3,(H,25,27)(H,21,22,24). The van der Waals surface area contributed by atoms with E-state index in [1.807, 2.05) is 25.1 Å². The monoisotopic (exact) mass is 379 g/mol. The summed E-state index contributed by atoms with van der Waals surface area (Å²) in [7, 11) is 0. The van der Waals surface area contributed by atoms with E-state index in [2.05, 4.69) is 30.9 Å². The van der Waals surface area contributed by atoms with Gasteiger partial charge < -0.3 is 0 Å². The molecule has 0 spiro atoms. The van der Waals surface area contributed by atoms with Gasteiger partial charge in [-0.05, 0) is 36.8 Å². The van der Waals surface area contributed by atoms with Gasteiger partial charge in [0.05, 0.1) is 22.8 Å². The van der Waals surface area contributed by atoms with Crippen LogP contribution in [0.1, 0.15) is 15.9 Å². The number of fused-ring (bicyclic) bond motifs is 1. The Hall–Kier alpha value is -3.52. The number of nitrogens with zero attached hydrogens (tertiary/aromatic N) is 5. The Bertz CT molecular complexity index is 1130. The van der Waals surface area contributed by atoms with Crippen LogP contribution in [0.3, 0.4) is 0 Å². The van der Waals surface area contributed by atoms with Crippen molar-refractivity contribution in [1.29, 1.82) is 0 Å². The summed E-state index contributed by atoms with van der Waals surface area (Å²) in [6, 6.07) is 8.92. The van der Waals surface area contributed by atoms with Gasteiger partial charge in [-0.25, -0.2) is 14.6 Å². The molecule has 0 bridgehead atoms. The summed E-state index contributed by atoms with van der Waals surface area (Å²) < 4.78 is 1.69. The Morgan fingerprint density at radius 2 is 2.07 bits per heavy atom. The molecule has 2 N–H and O–H groups in total. The topological polar surface area (TPSA) is 97.6 Å². The van der Waals surface area contributed by atoms with Gasteiger partial charge in [0, 0.05) is 17.4 Å². The zero-order chi connectivity index (χ0) is 18.8. The van der Waals surface area contributed by atoms with Crippen molar-refractivity contribution in [3.63, 3.8) is 0 Å². The van der Waals surface area contributed by atoms with Gasteiger partial charge in [-0.3, -0.25) is 20.6 Å². The second-order valence-corrected chi connectivity index (χ2v) is 6.20. The quantitative estimate of drug-likeness (QED) is 0.529. The molecule has 0 radical (unpaired) electrons. The summed E-state index contributed by atoms with van der Waals surface area (Å²) in [4.78, 5) is 24.6. The molecule has 0 aliphatic heterocycles. The molecule has 1 aromatic carbocycles. The largest absolute Gasteiger partial charge is 0.281 e. The van der Waals surface area contributed by atoms with Crippen LogP contribution in [0.15, 0.2) is 55.2 Å². The third kappa shape index (κ3) is 3.30. The summed E-state index contributed by atoms with van der Waals surface area (Å²) in [6.07, 6.45) is 6.12.